The fourth-order valence-corrected chi connectivity index (χ4v) is 1.35. The van der Waals surface area contributed by atoms with Crippen molar-refractivity contribution < 1.29 is 9.72 Å². The lowest BCUT2D eigenvalue weighted by molar-refractivity contribution is -0.384. The second-order valence-electron chi connectivity index (χ2n) is 2.89. The molecule has 0 bridgehead atoms. The first-order chi connectivity index (χ1) is 7.51. The number of nitrogens with two attached hydrogens (primary N) is 1. The molecule has 2 N–H and O–H groups in total. The van der Waals surface area contributed by atoms with E-state index >= 15 is 0 Å². The number of anilines is 1. The zero-order chi connectivity index (χ0) is 12.3. The number of nitrogen functional groups attached to an aromatic ring is 1. The standard InChI is InChI=1S/C9H6ClN3O3/c10-3-8(14)6-1-5(4-11)2-7(12)9(6)13(15)16/h1-2H,3,12H2. The minimum Gasteiger partial charge on any atom is -0.393 e. The molecule has 0 fully saturated rings. The van der Waals surface area contributed by atoms with Crippen LogP contribution in [-0.4, -0.2) is 16.6 Å². The highest BCUT2D eigenvalue weighted by atomic mass is 35.5. The number of ketones is 1. The Labute approximate surface area is 95.4 Å². The molecule has 1 aromatic rings. The van der Waals surface area contributed by atoms with Crippen LogP contribution in [0.4, 0.5) is 11.4 Å². The highest BCUT2D eigenvalue weighted by molar-refractivity contribution is 6.31. The number of hydrogen-bond acceptors (Lipinski definition) is 5. The number of carbonyl (C=O) groups excluding carboxylic acids is 1. The van der Waals surface area contributed by atoms with Crippen LogP contribution >= 0.6 is 11.6 Å². The van der Waals surface area contributed by atoms with Crippen LogP contribution in [0, 0.1) is 21.4 Å². The average Bonchev–Trinajstić information content (AvgIpc) is 2.26. The fourth-order valence-electron chi connectivity index (χ4n) is 1.21. The first kappa shape index (κ1) is 11.9. The summed E-state index contributed by atoms with van der Waals surface area (Å²) in [7, 11) is 0. The summed E-state index contributed by atoms with van der Waals surface area (Å²) < 4.78 is 0. The van der Waals surface area contributed by atoms with E-state index < -0.39 is 22.3 Å². The summed E-state index contributed by atoms with van der Waals surface area (Å²) in [5.74, 6) is -1.05. The molecule has 0 spiro atoms. The van der Waals surface area contributed by atoms with E-state index in [1.165, 1.54) is 0 Å². The van der Waals surface area contributed by atoms with Crippen LogP contribution in [-0.2, 0) is 0 Å². The molecule has 0 aliphatic heterocycles. The number of halogens is 1. The van der Waals surface area contributed by atoms with Crippen LogP contribution in [0.3, 0.4) is 0 Å². The van der Waals surface area contributed by atoms with Gasteiger partial charge in [-0.3, -0.25) is 14.9 Å². The second-order valence-corrected chi connectivity index (χ2v) is 3.15. The normalized spacial score (nSPS) is 9.50. The van der Waals surface area contributed by atoms with Crippen molar-refractivity contribution in [2.45, 2.75) is 0 Å². The Morgan fingerprint density at radius 2 is 2.25 bits per heavy atom. The number of nitro benzene ring substituents is 1. The van der Waals surface area contributed by atoms with Crippen molar-refractivity contribution in [1.82, 2.24) is 0 Å². The number of benzene rings is 1. The van der Waals surface area contributed by atoms with Crippen molar-refractivity contribution in [1.29, 1.82) is 5.26 Å². The number of hydrogen-bond donors (Lipinski definition) is 1. The zero-order valence-electron chi connectivity index (χ0n) is 7.94. The molecule has 82 valence electrons. The molecule has 7 heteroatoms. The first-order valence-electron chi connectivity index (χ1n) is 4.08. The molecule has 0 atom stereocenters. The lowest BCUT2D eigenvalue weighted by Gasteiger charge is -2.03. The van der Waals surface area contributed by atoms with Crippen molar-refractivity contribution >= 4 is 28.8 Å². The van der Waals surface area contributed by atoms with E-state index in [4.69, 9.17) is 22.6 Å². The van der Waals surface area contributed by atoms with Gasteiger partial charge in [0, 0.05) is 0 Å². The Morgan fingerprint density at radius 3 is 2.69 bits per heavy atom. The van der Waals surface area contributed by atoms with Crippen molar-refractivity contribution in [3.8, 4) is 6.07 Å². The Hall–Kier alpha value is -2.13. The minimum atomic E-state index is -0.768. The number of nitro groups is 1. The summed E-state index contributed by atoms with van der Waals surface area (Å²) in [6.45, 7) is 0. The van der Waals surface area contributed by atoms with Crippen LogP contribution < -0.4 is 5.73 Å². The number of nitriles is 1. The molecular formula is C9H6ClN3O3. The third-order valence-electron chi connectivity index (χ3n) is 1.87. The Kier molecular flexibility index (Phi) is 3.43. The van der Waals surface area contributed by atoms with Crippen molar-refractivity contribution in [3.05, 3.63) is 33.4 Å². The van der Waals surface area contributed by atoms with Gasteiger partial charge in [0.1, 0.15) is 11.3 Å². The second kappa shape index (κ2) is 4.59. The monoisotopic (exact) mass is 239 g/mol. The number of Topliss-reactive ketones (excluding diaryl/α,β-unsaturated/α-hetero) is 1. The third-order valence-corrected chi connectivity index (χ3v) is 2.12. The van der Waals surface area contributed by atoms with Crippen molar-refractivity contribution in [2.24, 2.45) is 0 Å². The highest BCUT2D eigenvalue weighted by Gasteiger charge is 2.23. The maximum atomic E-state index is 11.4. The Bertz CT molecular complexity index is 507. The molecule has 1 rings (SSSR count). The van der Waals surface area contributed by atoms with Gasteiger partial charge in [-0.15, -0.1) is 11.6 Å². The summed E-state index contributed by atoms with van der Waals surface area (Å²) in [4.78, 5) is 21.3. The van der Waals surface area contributed by atoms with E-state index in [-0.39, 0.29) is 16.8 Å². The van der Waals surface area contributed by atoms with Gasteiger partial charge in [0.05, 0.1) is 22.4 Å². The quantitative estimate of drug-likeness (QED) is 0.282. The smallest absolute Gasteiger partial charge is 0.302 e. The molecule has 0 aromatic heterocycles. The zero-order valence-corrected chi connectivity index (χ0v) is 8.69. The number of alkyl halides is 1. The molecule has 0 saturated heterocycles. The summed E-state index contributed by atoms with van der Waals surface area (Å²) in [5, 5.41) is 19.4. The lowest BCUT2D eigenvalue weighted by atomic mass is 10.0. The summed E-state index contributed by atoms with van der Waals surface area (Å²) in [6.07, 6.45) is 0. The summed E-state index contributed by atoms with van der Waals surface area (Å²) in [6, 6.07) is 4.01. The number of rotatable bonds is 3. The largest absolute Gasteiger partial charge is 0.393 e. The summed E-state index contributed by atoms with van der Waals surface area (Å²) >= 11 is 5.32. The van der Waals surface area contributed by atoms with E-state index in [0.717, 1.165) is 12.1 Å². The topological polar surface area (TPSA) is 110 Å². The van der Waals surface area contributed by atoms with Crippen molar-refractivity contribution in [2.75, 3.05) is 11.6 Å². The molecule has 0 saturated carbocycles. The third kappa shape index (κ3) is 2.10. The lowest BCUT2D eigenvalue weighted by Crippen LogP contribution is -2.08. The maximum Gasteiger partial charge on any atom is 0.302 e. The van der Waals surface area contributed by atoms with Gasteiger partial charge in [-0.05, 0) is 12.1 Å². The van der Waals surface area contributed by atoms with Crippen LogP contribution in [0.15, 0.2) is 12.1 Å². The molecule has 1 aromatic carbocycles. The van der Waals surface area contributed by atoms with Gasteiger partial charge in [0.2, 0.25) is 0 Å². The van der Waals surface area contributed by atoms with Crippen LogP contribution in [0.1, 0.15) is 15.9 Å². The van der Waals surface area contributed by atoms with E-state index in [1.54, 1.807) is 6.07 Å². The molecule has 16 heavy (non-hydrogen) atoms. The fraction of sp³-hybridized carbons (Fsp3) is 0.111. The van der Waals surface area contributed by atoms with Crippen LogP contribution in [0.2, 0.25) is 0 Å². The predicted octanol–water partition coefficient (Wildman–Crippen LogP) is 1.47. The van der Waals surface area contributed by atoms with Gasteiger partial charge in [0.25, 0.3) is 0 Å². The van der Waals surface area contributed by atoms with E-state index in [9.17, 15) is 14.9 Å². The van der Waals surface area contributed by atoms with Gasteiger partial charge in [-0.1, -0.05) is 0 Å². The van der Waals surface area contributed by atoms with Crippen LogP contribution in [0.25, 0.3) is 0 Å². The minimum absolute atomic E-state index is 0.0802. The van der Waals surface area contributed by atoms with E-state index in [0.29, 0.717) is 0 Å². The highest BCUT2D eigenvalue weighted by Crippen LogP contribution is 2.28. The van der Waals surface area contributed by atoms with E-state index in [2.05, 4.69) is 0 Å². The SMILES string of the molecule is N#Cc1cc(N)c([N+](=O)[O-])c(C(=O)CCl)c1. The number of carbonyl (C=O) groups is 1. The van der Waals surface area contributed by atoms with Gasteiger partial charge < -0.3 is 5.73 Å². The molecule has 0 aliphatic carbocycles. The predicted molar refractivity (Wildman–Crippen MR) is 57.3 cm³/mol. The molecule has 0 unspecified atom stereocenters. The average molecular weight is 240 g/mol. The Morgan fingerprint density at radius 1 is 1.62 bits per heavy atom. The Balaban J connectivity index is 3.54. The summed E-state index contributed by atoms with van der Waals surface area (Å²) in [5.41, 5.74) is 4.51. The molecule has 6 nitrogen and oxygen atoms in total. The molecule has 0 radical (unpaired) electrons. The van der Waals surface area contributed by atoms with Gasteiger partial charge in [-0.25, -0.2) is 0 Å². The molecule has 0 aliphatic rings. The maximum absolute atomic E-state index is 11.4. The van der Waals surface area contributed by atoms with Crippen LogP contribution in [0.5, 0.6) is 0 Å². The first-order valence-corrected chi connectivity index (χ1v) is 4.62. The molecule has 0 amide bonds. The van der Waals surface area contributed by atoms with E-state index in [1.807, 2.05) is 0 Å². The van der Waals surface area contributed by atoms with Gasteiger partial charge >= 0.3 is 5.69 Å². The molecular weight excluding hydrogens is 234 g/mol. The molecule has 0 heterocycles. The van der Waals surface area contributed by atoms with Crippen molar-refractivity contribution in [3.63, 3.8) is 0 Å². The number of nitrogens with zero attached hydrogens (tertiary/aromatic N) is 2. The van der Waals surface area contributed by atoms with Gasteiger partial charge in [-0.2, -0.15) is 5.26 Å². The van der Waals surface area contributed by atoms with Gasteiger partial charge in [0.15, 0.2) is 5.78 Å².